The molecule has 0 aliphatic rings. The zero-order valence-electron chi connectivity index (χ0n) is 14.7. The van der Waals surface area contributed by atoms with Crippen molar-refractivity contribution in [1.29, 1.82) is 0 Å². The van der Waals surface area contributed by atoms with Crippen LogP contribution in [-0.2, 0) is 18.8 Å². The average Bonchev–Trinajstić information content (AvgIpc) is 2.51. The third kappa shape index (κ3) is 4.98. The van der Waals surface area contributed by atoms with Gasteiger partial charge in [-0.15, -0.1) is 0 Å². The Bertz CT molecular complexity index is 960. The zero-order chi connectivity index (χ0) is 21.5. The predicted octanol–water partition coefficient (Wildman–Crippen LogP) is 5.96. The van der Waals surface area contributed by atoms with Crippen molar-refractivity contribution in [2.24, 2.45) is 0 Å². The summed E-state index contributed by atoms with van der Waals surface area (Å²) in [4.78, 5) is 0. The van der Waals surface area contributed by atoms with Crippen molar-refractivity contribution >= 4 is 30.4 Å². The summed E-state index contributed by atoms with van der Waals surface area (Å²) in [6, 6.07) is 6.81. The molecule has 156 valence electrons. The van der Waals surface area contributed by atoms with Gasteiger partial charge in [0.05, 0.1) is 0 Å². The molecule has 2 aromatic rings. The zero-order valence-corrected chi connectivity index (χ0v) is 17.7. The standard InChI is InChI=1S/C17H15F6IO3S/c1-10-7-11(2)15(12(3)8-10)24(27-28(25,26)17(21,22)23)14-6-4-5-13(9-14)16(18,19)20/h4-9H,1-3H3. The van der Waals surface area contributed by atoms with E-state index in [2.05, 4.69) is 2.51 Å². The summed E-state index contributed by atoms with van der Waals surface area (Å²) < 4.78 is 106. The third-order valence-corrected chi connectivity index (χ3v) is 11.4. The first-order chi connectivity index (χ1) is 12.6. The second-order valence-corrected chi connectivity index (χ2v) is 12.3. The van der Waals surface area contributed by atoms with Crippen molar-refractivity contribution in [3.05, 3.63) is 65.8 Å². The van der Waals surface area contributed by atoms with Crippen molar-refractivity contribution in [1.82, 2.24) is 0 Å². The van der Waals surface area contributed by atoms with E-state index in [1.807, 2.05) is 0 Å². The van der Waals surface area contributed by atoms with Gasteiger partial charge in [0.25, 0.3) is 0 Å². The first-order valence-corrected chi connectivity index (χ1v) is 12.0. The molecule has 0 bridgehead atoms. The van der Waals surface area contributed by atoms with Gasteiger partial charge in [-0.05, 0) is 0 Å². The Labute approximate surface area is 165 Å². The molecule has 0 heterocycles. The molecule has 0 unspecified atom stereocenters. The van der Waals surface area contributed by atoms with E-state index >= 15 is 0 Å². The average molecular weight is 540 g/mol. The van der Waals surface area contributed by atoms with Gasteiger partial charge in [0.2, 0.25) is 0 Å². The fourth-order valence-corrected chi connectivity index (χ4v) is 9.70. The second kappa shape index (κ2) is 7.82. The number of alkyl halides is 6. The van der Waals surface area contributed by atoms with Crippen LogP contribution in [0.3, 0.4) is 0 Å². The van der Waals surface area contributed by atoms with Gasteiger partial charge in [-0.25, -0.2) is 0 Å². The monoisotopic (exact) mass is 540 g/mol. The van der Waals surface area contributed by atoms with Gasteiger partial charge < -0.3 is 0 Å². The van der Waals surface area contributed by atoms with Crippen LogP contribution in [0.15, 0.2) is 36.4 Å². The van der Waals surface area contributed by atoms with Crippen LogP contribution < -0.4 is 0 Å². The summed E-state index contributed by atoms with van der Waals surface area (Å²) >= 11 is -3.91. The van der Waals surface area contributed by atoms with Crippen LogP contribution in [0.4, 0.5) is 26.3 Å². The van der Waals surface area contributed by atoms with Crippen LogP contribution in [0.5, 0.6) is 0 Å². The van der Waals surface area contributed by atoms with E-state index in [1.54, 1.807) is 32.9 Å². The maximum absolute atomic E-state index is 13.1. The molecule has 0 saturated carbocycles. The predicted molar refractivity (Wildman–Crippen MR) is 99.6 cm³/mol. The Morgan fingerprint density at radius 3 is 1.89 bits per heavy atom. The molecular weight excluding hydrogens is 525 g/mol. The molecule has 11 heteroatoms. The number of benzene rings is 2. The van der Waals surface area contributed by atoms with Gasteiger partial charge >= 0.3 is 166 Å². The molecule has 0 atom stereocenters. The quantitative estimate of drug-likeness (QED) is 0.273. The molecule has 0 saturated heterocycles. The van der Waals surface area contributed by atoms with Crippen molar-refractivity contribution < 1.29 is 37.3 Å². The minimum absolute atomic E-state index is 0.207. The molecule has 2 rings (SSSR count). The first kappa shape index (κ1) is 22.9. The van der Waals surface area contributed by atoms with Crippen molar-refractivity contribution in [3.8, 4) is 0 Å². The molecule has 0 radical (unpaired) electrons. The molecule has 0 amide bonds. The molecule has 3 nitrogen and oxygen atoms in total. The van der Waals surface area contributed by atoms with E-state index in [0.717, 1.165) is 23.8 Å². The topological polar surface area (TPSA) is 43.4 Å². The molecule has 0 spiro atoms. The van der Waals surface area contributed by atoms with E-state index in [0.29, 0.717) is 17.2 Å². The molecule has 0 fully saturated rings. The number of aryl methyl sites for hydroxylation is 3. The van der Waals surface area contributed by atoms with Gasteiger partial charge in [0.15, 0.2) is 0 Å². The number of hydrogen-bond acceptors (Lipinski definition) is 3. The summed E-state index contributed by atoms with van der Waals surface area (Å²) in [5, 5.41) is 0. The third-order valence-electron chi connectivity index (χ3n) is 3.53. The maximum atomic E-state index is 13.1. The summed E-state index contributed by atoms with van der Waals surface area (Å²) in [7, 11) is -6.00. The van der Waals surface area contributed by atoms with Crippen LogP contribution >= 0.6 is 20.2 Å². The Hall–Kier alpha value is -1.34. The van der Waals surface area contributed by atoms with E-state index in [4.69, 9.17) is 0 Å². The minimum atomic E-state index is -6.00. The summed E-state index contributed by atoms with van der Waals surface area (Å²) in [6.07, 6.45) is -4.74. The Balaban J connectivity index is 2.72. The summed E-state index contributed by atoms with van der Waals surface area (Å²) in [5.41, 5.74) is -5.09. The molecule has 0 aromatic heterocycles. The Kier molecular flexibility index (Phi) is 6.41. The Morgan fingerprint density at radius 1 is 0.893 bits per heavy atom. The van der Waals surface area contributed by atoms with Crippen molar-refractivity contribution in [2.75, 3.05) is 0 Å². The fourth-order valence-electron chi connectivity index (χ4n) is 2.50. The van der Waals surface area contributed by atoms with E-state index < -0.39 is 47.6 Å². The molecule has 0 N–H and O–H groups in total. The van der Waals surface area contributed by atoms with Crippen LogP contribution in [0, 0.1) is 27.9 Å². The van der Waals surface area contributed by atoms with Gasteiger partial charge in [0.1, 0.15) is 0 Å². The molecule has 0 aliphatic heterocycles. The van der Waals surface area contributed by atoms with Crippen molar-refractivity contribution in [3.63, 3.8) is 0 Å². The van der Waals surface area contributed by atoms with E-state index in [9.17, 15) is 34.8 Å². The van der Waals surface area contributed by atoms with Crippen LogP contribution in [-0.4, -0.2) is 13.9 Å². The number of hydrogen-bond donors (Lipinski definition) is 0. The Morgan fingerprint density at radius 2 is 1.43 bits per heavy atom. The fraction of sp³-hybridized carbons (Fsp3) is 0.294. The molecule has 0 aliphatic carbocycles. The van der Waals surface area contributed by atoms with Gasteiger partial charge in [-0.2, -0.15) is 0 Å². The second-order valence-electron chi connectivity index (χ2n) is 5.93. The van der Waals surface area contributed by atoms with Crippen LogP contribution in [0.25, 0.3) is 0 Å². The van der Waals surface area contributed by atoms with Crippen molar-refractivity contribution in [2.45, 2.75) is 32.5 Å². The van der Waals surface area contributed by atoms with E-state index in [1.165, 1.54) is 0 Å². The SMILES string of the molecule is Cc1cc(C)c(I(OS(=O)(=O)C(F)(F)F)c2cccc(C(F)(F)F)c2)c(C)c1. The van der Waals surface area contributed by atoms with Gasteiger partial charge in [-0.1, -0.05) is 0 Å². The molecule has 28 heavy (non-hydrogen) atoms. The molecule has 2 aromatic carbocycles. The first-order valence-electron chi connectivity index (χ1n) is 7.60. The van der Waals surface area contributed by atoms with Gasteiger partial charge in [-0.3, -0.25) is 0 Å². The summed E-state index contributed by atoms with van der Waals surface area (Å²) in [6.45, 7) is 4.84. The number of rotatable bonds is 4. The molecular formula is C17H15F6IO3S. The van der Waals surface area contributed by atoms with Gasteiger partial charge in [0, 0.05) is 0 Å². The van der Waals surface area contributed by atoms with Crippen LogP contribution in [0.2, 0.25) is 0 Å². The summed E-state index contributed by atoms with van der Waals surface area (Å²) in [5.74, 6) is 0. The van der Waals surface area contributed by atoms with Crippen LogP contribution in [0.1, 0.15) is 22.3 Å². The normalized spacial score (nSPS) is 13.5. The number of halogens is 7. The van der Waals surface area contributed by atoms with E-state index in [-0.39, 0.29) is 7.14 Å².